The maximum atomic E-state index is 13.9. The average molecular weight is 300 g/mol. The van der Waals surface area contributed by atoms with E-state index >= 15 is 0 Å². The predicted molar refractivity (Wildman–Crippen MR) is 75.6 cm³/mol. The molecule has 0 aromatic heterocycles. The van der Waals surface area contributed by atoms with Crippen molar-refractivity contribution < 1.29 is 18.3 Å². The van der Waals surface area contributed by atoms with Crippen molar-refractivity contribution in [2.24, 2.45) is 5.84 Å². The van der Waals surface area contributed by atoms with Gasteiger partial charge in [0.15, 0.2) is 0 Å². The SMILES string of the molecule is CCOC1(C(Cc2c(F)cccc2F)NN)CCOCC1. The van der Waals surface area contributed by atoms with Crippen molar-refractivity contribution in [3.05, 3.63) is 35.4 Å². The smallest absolute Gasteiger partial charge is 0.129 e. The predicted octanol–water partition coefficient (Wildman–Crippen LogP) is 1.92. The van der Waals surface area contributed by atoms with Crippen LogP contribution < -0.4 is 11.3 Å². The van der Waals surface area contributed by atoms with Gasteiger partial charge in [-0.3, -0.25) is 11.3 Å². The highest BCUT2D eigenvalue weighted by Crippen LogP contribution is 2.31. The number of ether oxygens (including phenoxy) is 2. The first-order valence-corrected chi connectivity index (χ1v) is 7.23. The standard InChI is InChI=1S/C15H22F2N2O2/c1-2-21-15(6-8-20-9-7-15)14(19-18)10-11-12(16)4-3-5-13(11)17/h3-5,14,19H,2,6-10,18H2,1H3. The van der Waals surface area contributed by atoms with Crippen molar-refractivity contribution in [1.82, 2.24) is 5.43 Å². The molecule has 0 radical (unpaired) electrons. The van der Waals surface area contributed by atoms with Gasteiger partial charge in [-0.2, -0.15) is 0 Å². The number of hydrogen-bond acceptors (Lipinski definition) is 4. The molecule has 1 fully saturated rings. The van der Waals surface area contributed by atoms with Crippen molar-refractivity contribution >= 4 is 0 Å². The Labute approximate surface area is 123 Å². The third-order valence-electron chi connectivity index (χ3n) is 4.08. The Morgan fingerprint density at radius 2 is 1.95 bits per heavy atom. The summed E-state index contributed by atoms with van der Waals surface area (Å²) in [5.41, 5.74) is 2.16. The first-order valence-electron chi connectivity index (χ1n) is 7.23. The lowest BCUT2D eigenvalue weighted by Gasteiger charge is -2.42. The van der Waals surface area contributed by atoms with Gasteiger partial charge in [-0.05, 0) is 25.5 Å². The van der Waals surface area contributed by atoms with Gasteiger partial charge in [0.2, 0.25) is 0 Å². The average Bonchev–Trinajstić information content (AvgIpc) is 2.48. The van der Waals surface area contributed by atoms with Gasteiger partial charge >= 0.3 is 0 Å². The van der Waals surface area contributed by atoms with Crippen LogP contribution in [0.5, 0.6) is 0 Å². The molecule has 1 aromatic carbocycles. The molecule has 3 N–H and O–H groups in total. The third kappa shape index (κ3) is 3.58. The lowest BCUT2D eigenvalue weighted by atomic mass is 9.82. The van der Waals surface area contributed by atoms with Crippen LogP contribution in [0.2, 0.25) is 0 Å². The first kappa shape index (κ1) is 16.3. The molecule has 0 spiro atoms. The van der Waals surface area contributed by atoms with E-state index in [2.05, 4.69) is 5.43 Å². The summed E-state index contributed by atoms with van der Waals surface area (Å²) in [6.45, 7) is 3.52. The summed E-state index contributed by atoms with van der Waals surface area (Å²) in [7, 11) is 0. The van der Waals surface area contributed by atoms with E-state index in [1.54, 1.807) is 0 Å². The summed E-state index contributed by atoms with van der Waals surface area (Å²) < 4.78 is 39.0. The highest BCUT2D eigenvalue weighted by molar-refractivity contribution is 5.22. The van der Waals surface area contributed by atoms with Crippen LogP contribution in [0.15, 0.2) is 18.2 Å². The van der Waals surface area contributed by atoms with E-state index in [1.165, 1.54) is 18.2 Å². The lowest BCUT2D eigenvalue weighted by Crippen LogP contribution is -2.58. The van der Waals surface area contributed by atoms with Gasteiger partial charge in [0, 0.05) is 38.2 Å². The minimum absolute atomic E-state index is 0.0334. The first-order chi connectivity index (χ1) is 10.1. The van der Waals surface area contributed by atoms with E-state index in [0.717, 1.165) is 0 Å². The van der Waals surface area contributed by atoms with Crippen LogP contribution in [-0.4, -0.2) is 31.5 Å². The van der Waals surface area contributed by atoms with Crippen LogP contribution in [0.4, 0.5) is 8.78 Å². The van der Waals surface area contributed by atoms with Crippen LogP contribution in [-0.2, 0) is 15.9 Å². The molecule has 0 bridgehead atoms. The topological polar surface area (TPSA) is 56.5 Å². The molecule has 21 heavy (non-hydrogen) atoms. The van der Waals surface area contributed by atoms with Crippen molar-refractivity contribution in [2.75, 3.05) is 19.8 Å². The zero-order valence-corrected chi connectivity index (χ0v) is 12.2. The normalized spacial score (nSPS) is 19.4. The summed E-state index contributed by atoms with van der Waals surface area (Å²) in [5, 5.41) is 0. The van der Waals surface area contributed by atoms with Gasteiger partial charge in [-0.1, -0.05) is 6.07 Å². The number of halogens is 2. The van der Waals surface area contributed by atoms with Crippen LogP contribution in [0.3, 0.4) is 0 Å². The van der Waals surface area contributed by atoms with Crippen molar-refractivity contribution in [1.29, 1.82) is 0 Å². The third-order valence-corrected chi connectivity index (χ3v) is 4.08. The molecular formula is C15H22F2N2O2. The molecule has 0 aliphatic carbocycles. The molecule has 1 aromatic rings. The molecule has 1 aliphatic rings. The van der Waals surface area contributed by atoms with Gasteiger partial charge < -0.3 is 9.47 Å². The van der Waals surface area contributed by atoms with E-state index in [-0.39, 0.29) is 18.0 Å². The fourth-order valence-electron chi connectivity index (χ4n) is 2.93. The Hall–Kier alpha value is -1.08. The second-order valence-electron chi connectivity index (χ2n) is 5.23. The van der Waals surface area contributed by atoms with Crippen molar-refractivity contribution in [2.45, 2.75) is 37.8 Å². The van der Waals surface area contributed by atoms with E-state index in [0.29, 0.717) is 32.7 Å². The van der Waals surface area contributed by atoms with Gasteiger partial charge in [-0.15, -0.1) is 0 Å². The minimum atomic E-state index is -0.561. The van der Waals surface area contributed by atoms with Gasteiger partial charge in [0.05, 0.1) is 11.6 Å². The minimum Gasteiger partial charge on any atom is -0.381 e. The number of hydrogen-bond donors (Lipinski definition) is 2. The van der Waals surface area contributed by atoms with E-state index < -0.39 is 17.2 Å². The summed E-state index contributed by atoms with van der Waals surface area (Å²) in [6, 6.07) is 3.48. The number of benzene rings is 1. The zero-order chi connectivity index (χ0) is 15.3. The molecule has 1 saturated heterocycles. The Morgan fingerprint density at radius 1 is 1.33 bits per heavy atom. The number of hydrazine groups is 1. The molecule has 0 amide bonds. The number of nitrogens with two attached hydrogens (primary N) is 1. The molecule has 6 heteroatoms. The van der Waals surface area contributed by atoms with Crippen LogP contribution in [0, 0.1) is 11.6 Å². The molecule has 1 unspecified atom stereocenters. The van der Waals surface area contributed by atoms with Gasteiger partial charge in [0.25, 0.3) is 0 Å². The molecule has 1 heterocycles. The van der Waals surface area contributed by atoms with Gasteiger partial charge in [0.1, 0.15) is 11.6 Å². The molecule has 1 atom stereocenters. The maximum Gasteiger partial charge on any atom is 0.129 e. The van der Waals surface area contributed by atoms with E-state index in [1.807, 2.05) is 6.92 Å². The summed E-state index contributed by atoms with van der Waals surface area (Å²) in [4.78, 5) is 0. The Balaban J connectivity index is 2.24. The van der Waals surface area contributed by atoms with Gasteiger partial charge in [-0.25, -0.2) is 8.78 Å². The molecule has 1 aliphatic heterocycles. The molecule has 118 valence electrons. The zero-order valence-electron chi connectivity index (χ0n) is 12.2. The summed E-state index contributed by atoms with van der Waals surface area (Å²) >= 11 is 0. The van der Waals surface area contributed by atoms with E-state index in [4.69, 9.17) is 15.3 Å². The molecule has 0 saturated carbocycles. The van der Waals surface area contributed by atoms with E-state index in [9.17, 15) is 8.78 Å². The molecular weight excluding hydrogens is 278 g/mol. The second-order valence-corrected chi connectivity index (χ2v) is 5.23. The quantitative estimate of drug-likeness (QED) is 0.622. The molecule has 4 nitrogen and oxygen atoms in total. The Kier molecular flexibility index (Phi) is 5.64. The fraction of sp³-hybridized carbons (Fsp3) is 0.600. The monoisotopic (exact) mass is 300 g/mol. The van der Waals surface area contributed by atoms with Crippen molar-refractivity contribution in [3.8, 4) is 0 Å². The summed E-state index contributed by atoms with van der Waals surface area (Å²) in [6.07, 6.45) is 1.42. The summed E-state index contributed by atoms with van der Waals surface area (Å²) in [5.74, 6) is 4.53. The van der Waals surface area contributed by atoms with Crippen LogP contribution in [0.25, 0.3) is 0 Å². The second kappa shape index (κ2) is 7.26. The fourth-order valence-corrected chi connectivity index (χ4v) is 2.93. The lowest BCUT2D eigenvalue weighted by molar-refractivity contribution is -0.126. The Morgan fingerprint density at radius 3 is 2.48 bits per heavy atom. The van der Waals surface area contributed by atoms with Crippen molar-refractivity contribution in [3.63, 3.8) is 0 Å². The number of nitrogens with one attached hydrogen (secondary N) is 1. The highest BCUT2D eigenvalue weighted by Gasteiger charge is 2.41. The number of rotatable bonds is 6. The largest absolute Gasteiger partial charge is 0.381 e. The van der Waals surface area contributed by atoms with Crippen LogP contribution >= 0.6 is 0 Å². The highest BCUT2D eigenvalue weighted by atomic mass is 19.1. The van der Waals surface area contributed by atoms with Crippen LogP contribution in [0.1, 0.15) is 25.3 Å². The maximum absolute atomic E-state index is 13.9. The molecule has 2 rings (SSSR count). The Bertz CT molecular complexity index is 439.